The topological polar surface area (TPSA) is 45.1 Å². The summed E-state index contributed by atoms with van der Waals surface area (Å²) in [5.41, 5.74) is 2.04. The van der Waals surface area contributed by atoms with E-state index in [1.54, 1.807) is 23.5 Å². The molecule has 2 rings (SSSR count). The predicted molar refractivity (Wildman–Crippen MR) is 62.3 cm³/mol. The van der Waals surface area contributed by atoms with Crippen LogP contribution in [0, 0.1) is 6.92 Å². The van der Waals surface area contributed by atoms with E-state index in [1.165, 1.54) is 0 Å². The van der Waals surface area contributed by atoms with E-state index in [4.69, 9.17) is 5.11 Å². The summed E-state index contributed by atoms with van der Waals surface area (Å²) in [6, 6.07) is 7.01. The van der Waals surface area contributed by atoms with Crippen molar-refractivity contribution in [1.82, 2.24) is 4.98 Å². The Labute approximate surface area is 92.4 Å². The maximum Gasteiger partial charge on any atom is 0.115 e. The number of nitrogens with zero attached hydrogens (tertiary/aromatic N) is 1. The number of phenolic OH excluding ortho intramolecular Hbond substituents is 1. The van der Waals surface area contributed by atoms with E-state index in [1.807, 2.05) is 24.4 Å². The van der Waals surface area contributed by atoms with Crippen molar-refractivity contribution in [3.63, 3.8) is 0 Å². The lowest BCUT2D eigenvalue weighted by atomic mass is 10.3. The Hall–Kier alpha value is -1.55. The van der Waals surface area contributed by atoms with Gasteiger partial charge in [0.25, 0.3) is 0 Å². The zero-order valence-electron chi connectivity index (χ0n) is 8.40. The lowest BCUT2D eigenvalue weighted by Gasteiger charge is -2.03. The molecule has 0 saturated carbocycles. The standard InChI is InChI=1S/C11H12N2OS/c1-8-7-15-11(13-8)6-12-9-2-4-10(14)5-3-9/h2-5,7,12,14H,6H2,1H3. The van der Waals surface area contributed by atoms with E-state index in [0.717, 1.165) is 22.9 Å². The quantitative estimate of drug-likeness (QED) is 0.782. The SMILES string of the molecule is Cc1csc(CNc2ccc(O)cc2)n1. The van der Waals surface area contributed by atoms with Crippen LogP contribution in [0.4, 0.5) is 5.69 Å². The molecule has 0 aliphatic carbocycles. The number of hydrogen-bond acceptors (Lipinski definition) is 4. The zero-order chi connectivity index (χ0) is 10.7. The number of benzene rings is 1. The maximum atomic E-state index is 9.11. The van der Waals surface area contributed by atoms with Crippen LogP contribution in [0.1, 0.15) is 10.7 Å². The third-order valence-corrected chi connectivity index (χ3v) is 2.94. The van der Waals surface area contributed by atoms with Crippen molar-refractivity contribution in [1.29, 1.82) is 0 Å². The Morgan fingerprint density at radius 1 is 1.33 bits per heavy atom. The first-order chi connectivity index (χ1) is 7.24. The predicted octanol–water partition coefficient (Wildman–Crippen LogP) is 2.77. The average Bonchev–Trinajstić information content (AvgIpc) is 2.64. The summed E-state index contributed by atoms with van der Waals surface area (Å²) in [6.45, 7) is 2.71. The summed E-state index contributed by atoms with van der Waals surface area (Å²) in [6.07, 6.45) is 0. The molecule has 0 atom stereocenters. The van der Waals surface area contributed by atoms with Gasteiger partial charge in [0.1, 0.15) is 10.8 Å². The molecule has 0 saturated heterocycles. The van der Waals surface area contributed by atoms with Crippen molar-refractivity contribution >= 4 is 17.0 Å². The molecule has 0 radical (unpaired) electrons. The molecule has 1 aromatic heterocycles. The maximum absolute atomic E-state index is 9.11. The van der Waals surface area contributed by atoms with Crippen molar-refractivity contribution in [2.24, 2.45) is 0 Å². The molecule has 1 aromatic carbocycles. The molecule has 1 heterocycles. The molecule has 0 aliphatic rings. The van der Waals surface area contributed by atoms with Crippen LogP contribution in [-0.4, -0.2) is 10.1 Å². The molecule has 15 heavy (non-hydrogen) atoms. The van der Waals surface area contributed by atoms with E-state index >= 15 is 0 Å². The highest BCUT2D eigenvalue weighted by molar-refractivity contribution is 7.09. The molecular formula is C11H12N2OS. The fourth-order valence-electron chi connectivity index (χ4n) is 1.24. The van der Waals surface area contributed by atoms with E-state index in [2.05, 4.69) is 10.3 Å². The lowest BCUT2D eigenvalue weighted by Crippen LogP contribution is -1.98. The second kappa shape index (κ2) is 4.31. The third kappa shape index (κ3) is 2.70. The van der Waals surface area contributed by atoms with E-state index in [9.17, 15) is 0 Å². The van der Waals surface area contributed by atoms with Gasteiger partial charge in [-0.15, -0.1) is 11.3 Å². The van der Waals surface area contributed by atoms with Gasteiger partial charge in [-0.3, -0.25) is 0 Å². The fourth-order valence-corrected chi connectivity index (χ4v) is 1.95. The van der Waals surface area contributed by atoms with Gasteiger partial charge in [0.2, 0.25) is 0 Å². The zero-order valence-corrected chi connectivity index (χ0v) is 9.21. The van der Waals surface area contributed by atoms with Crippen molar-refractivity contribution in [2.45, 2.75) is 13.5 Å². The number of rotatable bonds is 3. The van der Waals surface area contributed by atoms with Crippen LogP contribution in [0.25, 0.3) is 0 Å². The van der Waals surface area contributed by atoms with E-state index in [-0.39, 0.29) is 5.75 Å². The van der Waals surface area contributed by atoms with Crippen LogP contribution >= 0.6 is 11.3 Å². The molecule has 0 bridgehead atoms. The smallest absolute Gasteiger partial charge is 0.115 e. The number of phenols is 1. The van der Waals surface area contributed by atoms with Gasteiger partial charge in [0, 0.05) is 16.8 Å². The molecule has 0 spiro atoms. The Balaban J connectivity index is 1.96. The van der Waals surface area contributed by atoms with Crippen molar-refractivity contribution in [2.75, 3.05) is 5.32 Å². The number of anilines is 1. The average molecular weight is 220 g/mol. The molecule has 2 N–H and O–H groups in total. The molecule has 2 aromatic rings. The second-order valence-corrected chi connectivity index (χ2v) is 4.23. The molecule has 0 unspecified atom stereocenters. The van der Waals surface area contributed by atoms with Gasteiger partial charge in [-0.2, -0.15) is 0 Å². The van der Waals surface area contributed by atoms with E-state index < -0.39 is 0 Å². The Morgan fingerprint density at radius 2 is 2.07 bits per heavy atom. The van der Waals surface area contributed by atoms with Crippen LogP contribution in [-0.2, 0) is 6.54 Å². The molecule has 0 fully saturated rings. The van der Waals surface area contributed by atoms with Gasteiger partial charge in [0.15, 0.2) is 0 Å². The minimum absolute atomic E-state index is 0.283. The highest BCUT2D eigenvalue weighted by Gasteiger charge is 1.98. The van der Waals surface area contributed by atoms with Crippen LogP contribution in [0.15, 0.2) is 29.6 Å². The fraction of sp³-hybridized carbons (Fsp3) is 0.182. The number of aryl methyl sites for hydroxylation is 1. The Bertz CT molecular complexity index is 436. The minimum Gasteiger partial charge on any atom is -0.508 e. The van der Waals surface area contributed by atoms with Gasteiger partial charge in [-0.25, -0.2) is 4.98 Å². The summed E-state index contributed by atoms with van der Waals surface area (Å²) >= 11 is 1.65. The van der Waals surface area contributed by atoms with Gasteiger partial charge in [-0.1, -0.05) is 0 Å². The van der Waals surface area contributed by atoms with Crippen LogP contribution in [0.3, 0.4) is 0 Å². The lowest BCUT2D eigenvalue weighted by molar-refractivity contribution is 0.475. The number of thiazole rings is 1. The second-order valence-electron chi connectivity index (χ2n) is 3.28. The van der Waals surface area contributed by atoms with Gasteiger partial charge in [-0.05, 0) is 31.2 Å². The van der Waals surface area contributed by atoms with Crippen LogP contribution in [0.5, 0.6) is 5.75 Å². The summed E-state index contributed by atoms with van der Waals surface area (Å²) in [7, 11) is 0. The first kappa shape index (κ1) is 9.98. The van der Waals surface area contributed by atoms with Crippen molar-refractivity contribution in [3.05, 3.63) is 40.3 Å². The largest absolute Gasteiger partial charge is 0.508 e. The first-order valence-electron chi connectivity index (χ1n) is 4.68. The van der Waals surface area contributed by atoms with Crippen molar-refractivity contribution < 1.29 is 5.11 Å². The van der Waals surface area contributed by atoms with Gasteiger partial charge >= 0.3 is 0 Å². The number of aromatic nitrogens is 1. The first-order valence-corrected chi connectivity index (χ1v) is 5.56. The Morgan fingerprint density at radius 3 is 2.67 bits per heavy atom. The number of nitrogens with one attached hydrogen (secondary N) is 1. The molecule has 4 heteroatoms. The highest BCUT2D eigenvalue weighted by atomic mass is 32.1. The number of hydrogen-bond donors (Lipinski definition) is 2. The minimum atomic E-state index is 0.283. The molecular weight excluding hydrogens is 208 g/mol. The summed E-state index contributed by atoms with van der Waals surface area (Å²) < 4.78 is 0. The normalized spacial score (nSPS) is 10.2. The van der Waals surface area contributed by atoms with Gasteiger partial charge in [0.05, 0.1) is 6.54 Å². The van der Waals surface area contributed by atoms with Gasteiger partial charge < -0.3 is 10.4 Å². The summed E-state index contributed by atoms with van der Waals surface area (Å²) in [5, 5.41) is 15.5. The molecule has 0 amide bonds. The molecule has 78 valence electrons. The third-order valence-electron chi connectivity index (χ3n) is 1.98. The van der Waals surface area contributed by atoms with E-state index in [0.29, 0.717) is 0 Å². The summed E-state index contributed by atoms with van der Waals surface area (Å²) in [4.78, 5) is 4.35. The molecule has 0 aliphatic heterocycles. The highest BCUT2D eigenvalue weighted by Crippen LogP contribution is 2.15. The summed E-state index contributed by atoms with van der Waals surface area (Å²) in [5.74, 6) is 0.283. The van der Waals surface area contributed by atoms with Crippen LogP contribution in [0.2, 0.25) is 0 Å². The molecule has 3 nitrogen and oxygen atoms in total. The van der Waals surface area contributed by atoms with Crippen molar-refractivity contribution in [3.8, 4) is 5.75 Å². The monoisotopic (exact) mass is 220 g/mol. The van der Waals surface area contributed by atoms with Crippen LogP contribution < -0.4 is 5.32 Å². The number of aromatic hydroxyl groups is 1. The Kier molecular flexibility index (Phi) is 2.87.